The van der Waals surface area contributed by atoms with Gasteiger partial charge in [0.25, 0.3) is 0 Å². The lowest BCUT2D eigenvalue weighted by Gasteiger charge is -2.28. The van der Waals surface area contributed by atoms with Crippen LogP contribution in [0.3, 0.4) is 0 Å². The van der Waals surface area contributed by atoms with Crippen LogP contribution in [-0.2, 0) is 0 Å². The normalized spacial score (nSPS) is 29.2. The molecule has 1 rings (SSSR count). The third-order valence-corrected chi connectivity index (χ3v) is 5.48. The molecule has 0 aromatic carbocycles. The standard InChI is InChI=1S/C14H29NS/c1-5-12(3)10-13(6-2)15-11-14(4)8-7-9-16-14/h12-13,15H,5-11H2,1-4H3. The molecule has 0 aromatic rings. The van der Waals surface area contributed by atoms with Crippen molar-refractivity contribution in [2.45, 2.75) is 70.6 Å². The third kappa shape index (κ3) is 4.67. The van der Waals surface area contributed by atoms with Crippen molar-refractivity contribution in [3.63, 3.8) is 0 Å². The predicted octanol–water partition coefficient (Wildman–Crippen LogP) is 4.08. The van der Waals surface area contributed by atoms with E-state index in [9.17, 15) is 0 Å². The highest BCUT2D eigenvalue weighted by molar-refractivity contribution is 8.00. The summed E-state index contributed by atoms with van der Waals surface area (Å²) in [6.45, 7) is 10.6. The van der Waals surface area contributed by atoms with E-state index < -0.39 is 0 Å². The zero-order valence-electron chi connectivity index (χ0n) is 11.5. The van der Waals surface area contributed by atoms with Crippen molar-refractivity contribution in [1.29, 1.82) is 0 Å². The van der Waals surface area contributed by atoms with E-state index in [0.29, 0.717) is 4.75 Å². The number of hydrogen-bond acceptors (Lipinski definition) is 2. The van der Waals surface area contributed by atoms with Gasteiger partial charge in [0, 0.05) is 17.3 Å². The Kier molecular flexibility index (Phi) is 6.20. The first kappa shape index (κ1) is 14.4. The molecule has 3 atom stereocenters. The van der Waals surface area contributed by atoms with Crippen molar-refractivity contribution in [3.8, 4) is 0 Å². The van der Waals surface area contributed by atoms with Crippen molar-refractivity contribution in [3.05, 3.63) is 0 Å². The molecule has 0 aliphatic carbocycles. The second-order valence-corrected chi connectivity index (χ2v) is 7.32. The maximum atomic E-state index is 3.80. The molecule has 3 unspecified atom stereocenters. The van der Waals surface area contributed by atoms with Gasteiger partial charge in [0.15, 0.2) is 0 Å². The van der Waals surface area contributed by atoms with E-state index >= 15 is 0 Å². The molecule has 1 aliphatic heterocycles. The molecule has 0 radical (unpaired) electrons. The van der Waals surface area contributed by atoms with E-state index in [4.69, 9.17) is 0 Å². The molecular formula is C14H29NS. The molecule has 1 fully saturated rings. The van der Waals surface area contributed by atoms with E-state index in [1.54, 1.807) is 0 Å². The quantitative estimate of drug-likeness (QED) is 0.723. The van der Waals surface area contributed by atoms with E-state index in [1.165, 1.54) is 44.4 Å². The summed E-state index contributed by atoms with van der Waals surface area (Å²) in [5.74, 6) is 2.22. The average Bonchev–Trinajstić information content (AvgIpc) is 2.71. The Morgan fingerprint density at radius 2 is 2.06 bits per heavy atom. The summed E-state index contributed by atoms with van der Waals surface area (Å²) < 4.78 is 0.517. The maximum absolute atomic E-state index is 3.80. The fourth-order valence-corrected chi connectivity index (χ4v) is 3.64. The van der Waals surface area contributed by atoms with Gasteiger partial charge < -0.3 is 5.32 Å². The molecule has 1 saturated heterocycles. The second-order valence-electron chi connectivity index (χ2n) is 5.64. The molecule has 16 heavy (non-hydrogen) atoms. The van der Waals surface area contributed by atoms with Gasteiger partial charge in [-0.15, -0.1) is 0 Å². The number of nitrogens with one attached hydrogen (secondary N) is 1. The monoisotopic (exact) mass is 243 g/mol. The van der Waals surface area contributed by atoms with Gasteiger partial charge in [0.1, 0.15) is 0 Å². The van der Waals surface area contributed by atoms with E-state index in [2.05, 4.69) is 44.8 Å². The molecular weight excluding hydrogens is 214 g/mol. The van der Waals surface area contributed by atoms with Crippen LogP contribution < -0.4 is 5.32 Å². The van der Waals surface area contributed by atoms with Crippen LogP contribution in [0.1, 0.15) is 59.8 Å². The van der Waals surface area contributed by atoms with Crippen LogP contribution in [0.25, 0.3) is 0 Å². The number of rotatable bonds is 7. The Bertz CT molecular complexity index is 187. The van der Waals surface area contributed by atoms with Gasteiger partial charge in [-0.1, -0.05) is 27.2 Å². The average molecular weight is 243 g/mol. The summed E-state index contributed by atoms with van der Waals surface area (Å²) in [6.07, 6.45) is 6.72. The minimum absolute atomic E-state index is 0.517. The smallest absolute Gasteiger partial charge is 0.0256 e. The molecule has 0 spiro atoms. The Hall–Kier alpha value is 0.310. The topological polar surface area (TPSA) is 12.0 Å². The zero-order valence-corrected chi connectivity index (χ0v) is 12.3. The van der Waals surface area contributed by atoms with E-state index in [0.717, 1.165) is 12.0 Å². The minimum atomic E-state index is 0.517. The summed E-state index contributed by atoms with van der Waals surface area (Å²) >= 11 is 2.16. The largest absolute Gasteiger partial charge is 0.313 e. The first-order valence-corrected chi connectivity index (χ1v) is 7.95. The Labute approximate surface area is 106 Å². The third-order valence-electron chi connectivity index (χ3n) is 3.94. The van der Waals surface area contributed by atoms with E-state index in [1.807, 2.05) is 0 Å². The van der Waals surface area contributed by atoms with Crippen molar-refractivity contribution >= 4 is 11.8 Å². The molecule has 0 aromatic heterocycles. The first-order chi connectivity index (χ1) is 7.59. The SMILES string of the molecule is CCC(C)CC(CC)NCC1(C)CCCS1. The molecule has 1 aliphatic rings. The van der Waals surface area contributed by atoms with Gasteiger partial charge in [-0.2, -0.15) is 11.8 Å². The summed E-state index contributed by atoms with van der Waals surface area (Å²) in [7, 11) is 0. The molecule has 96 valence electrons. The highest BCUT2D eigenvalue weighted by Gasteiger charge is 2.29. The fourth-order valence-electron chi connectivity index (χ4n) is 2.38. The van der Waals surface area contributed by atoms with Crippen molar-refractivity contribution < 1.29 is 0 Å². The number of hydrogen-bond donors (Lipinski definition) is 1. The van der Waals surface area contributed by atoms with Crippen LogP contribution in [0, 0.1) is 5.92 Å². The van der Waals surface area contributed by atoms with Crippen LogP contribution in [0.4, 0.5) is 0 Å². The second kappa shape index (κ2) is 6.90. The van der Waals surface area contributed by atoms with Crippen molar-refractivity contribution in [1.82, 2.24) is 5.32 Å². The fraction of sp³-hybridized carbons (Fsp3) is 1.00. The highest BCUT2D eigenvalue weighted by Crippen LogP contribution is 2.37. The molecule has 1 nitrogen and oxygen atoms in total. The Morgan fingerprint density at radius 3 is 2.56 bits per heavy atom. The van der Waals surface area contributed by atoms with Crippen LogP contribution in [0.5, 0.6) is 0 Å². The van der Waals surface area contributed by atoms with Gasteiger partial charge in [-0.25, -0.2) is 0 Å². The molecule has 1 heterocycles. The van der Waals surface area contributed by atoms with Gasteiger partial charge in [-0.3, -0.25) is 0 Å². The number of thioether (sulfide) groups is 1. The maximum Gasteiger partial charge on any atom is 0.0256 e. The van der Waals surface area contributed by atoms with Crippen molar-refractivity contribution in [2.24, 2.45) is 5.92 Å². The summed E-state index contributed by atoms with van der Waals surface area (Å²) in [6, 6.07) is 0.730. The van der Waals surface area contributed by atoms with Crippen LogP contribution in [-0.4, -0.2) is 23.1 Å². The minimum Gasteiger partial charge on any atom is -0.313 e. The molecule has 0 bridgehead atoms. The van der Waals surface area contributed by atoms with Crippen LogP contribution in [0.15, 0.2) is 0 Å². The van der Waals surface area contributed by atoms with Crippen LogP contribution in [0.2, 0.25) is 0 Å². The molecule has 2 heteroatoms. The van der Waals surface area contributed by atoms with Crippen molar-refractivity contribution in [2.75, 3.05) is 12.3 Å². The molecule has 1 N–H and O–H groups in total. The Morgan fingerprint density at radius 1 is 1.31 bits per heavy atom. The lowest BCUT2D eigenvalue weighted by Crippen LogP contribution is -2.39. The molecule has 0 saturated carbocycles. The lowest BCUT2D eigenvalue weighted by molar-refractivity contribution is 0.370. The van der Waals surface area contributed by atoms with Crippen LogP contribution >= 0.6 is 11.8 Å². The summed E-state index contributed by atoms with van der Waals surface area (Å²) in [5, 5.41) is 3.80. The lowest BCUT2D eigenvalue weighted by atomic mass is 9.97. The van der Waals surface area contributed by atoms with Gasteiger partial charge in [0.05, 0.1) is 0 Å². The Balaban J connectivity index is 2.27. The molecule has 0 amide bonds. The summed E-state index contributed by atoms with van der Waals surface area (Å²) in [5.41, 5.74) is 0. The van der Waals surface area contributed by atoms with Gasteiger partial charge in [0.2, 0.25) is 0 Å². The summed E-state index contributed by atoms with van der Waals surface area (Å²) in [4.78, 5) is 0. The highest BCUT2D eigenvalue weighted by atomic mass is 32.2. The van der Waals surface area contributed by atoms with E-state index in [-0.39, 0.29) is 0 Å². The zero-order chi connectivity index (χ0) is 12.0. The first-order valence-electron chi connectivity index (χ1n) is 6.97. The van der Waals surface area contributed by atoms with Gasteiger partial charge in [-0.05, 0) is 44.3 Å². The van der Waals surface area contributed by atoms with Gasteiger partial charge >= 0.3 is 0 Å². The predicted molar refractivity (Wildman–Crippen MR) is 76.3 cm³/mol.